The summed E-state index contributed by atoms with van der Waals surface area (Å²) in [5.41, 5.74) is 4.35. The van der Waals surface area contributed by atoms with Crippen LogP contribution in [0.25, 0.3) is 16.3 Å². The van der Waals surface area contributed by atoms with Crippen LogP contribution in [0, 0.1) is 6.92 Å². The number of aryl methyl sites for hydroxylation is 1. The van der Waals surface area contributed by atoms with Crippen molar-refractivity contribution in [2.24, 2.45) is 0 Å². The van der Waals surface area contributed by atoms with E-state index in [1.807, 2.05) is 67.6 Å². The molecular formula is C40H34N4O5S2. The Morgan fingerprint density at radius 1 is 0.784 bits per heavy atom. The number of hydrogen-bond acceptors (Lipinski definition) is 8. The minimum Gasteiger partial charge on any atom is -0.493 e. The van der Waals surface area contributed by atoms with Gasteiger partial charge in [0, 0.05) is 16.1 Å². The molecule has 0 bridgehead atoms. The highest BCUT2D eigenvalue weighted by Gasteiger charge is 2.24. The summed E-state index contributed by atoms with van der Waals surface area (Å²) in [6, 6.07) is 36.6. The van der Waals surface area contributed by atoms with Crippen LogP contribution in [0.1, 0.15) is 32.3 Å². The zero-order valence-electron chi connectivity index (χ0n) is 28.0. The predicted molar refractivity (Wildman–Crippen MR) is 205 cm³/mol. The fraction of sp³-hybridized carbons (Fsp3) is 0.100. The summed E-state index contributed by atoms with van der Waals surface area (Å²) in [6.07, 6.45) is 1.57. The molecule has 6 rings (SSSR count). The van der Waals surface area contributed by atoms with Crippen molar-refractivity contribution in [3.05, 3.63) is 149 Å². The maximum absolute atomic E-state index is 13.7. The van der Waals surface area contributed by atoms with Crippen molar-refractivity contribution in [1.82, 2.24) is 10.3 Å². The third-order valence-corrected chi connectivity index (χ3v) is 9.93. The van der Waals surface area contributed by atoms with Gasteiger partial charge in [0.1, 0.15) is 10.9 Å². The highest BCUT2D eigenvalue weighted by molar-refractivity contribution is 8.00. The molecule has 1 unspecified atom stereocenters. The first kappa shape index (κ1) is 34.9. The van der Waals surface area contributed by atoms with Crippen molar-refractivity contribution < 1.29 is 23.9 Å². The number of rotatable bonds is 12. The van der Waals surface area contributed by atoms with Gasteiger partial charge >= 0.3 is 0 Å². The van der Waals surface area contributed by atoms with Crippen molar-refractivity contribution in [3.63, 3.8) is 0 Å². The summed E-state index contributed by atoms with van der Waals surface area (Å²) in [4.78, 5) is 45.9. The Hall–Kier alpha value is -5.91. The summed E-state index contributed by atoms with van der Waals surface area (Å²) in [5, 5.41) is 8.62. The van der Waals surface area contributed by atoms with Crippen molar-refractivity contribution in [1.29, 1.82) is 0 Å². The van der Waals surface area contributed by atoms with E-state index in [4.69, 9.17) is 9.47 Å². The molecule has 0 aliphatic rings. The minimum atomic E-state index is -0.565. The molecule has 0 aliphatic heterocycles. The smallest absolute Gasteiger partial charge is 0.272 e. The number of carbonyl (C=O) groups is 3. The number of benzene rings is 5. The van der Waals surface area contributed by atoms with E-state index >= 15 is 0 Å². The number of fused-ring (bicyclic) bond motifs is 1. The fourth-order valence-corrected chi connectivity index (χ4v) is 7.15. The number of nitrogens with one attached hydrogen (secondary N) is 3. The summed E-state index contributed by atoms with van der Waals surface area (Å²) in [7, 11) is 3.06. The second-order valence-corrected chi connectivity index (χ2v) is 13.6. The van der Waals surface area contributed by atoms with Gasteiger partial charge in [-0.1, -0.05) is 72.0 Å². The lowest BCUT2D eigenvalue weighted by molar-refractivity contribution is -0.116. The molecular weight excluding hydrogens is 681 g/mol. The van der Waals surface area contributed by atoms with Crippen molar-refractivity contribution in [2.45, 2.75) is 17.1 Å². The van der Waals surface area contributed by atoms with Gasteiger partial charge in [-0.2, -0.15) is 0 Å². The van der Waals surface area contributed by atoms with Gasteiger partial charge < -0.3 is 25.4 Å². The topological polar surface area (TPSA) is 119 Å². The van der Waals surface area contributed by atoms with Crippen LogP contribution < -0.4 is 25.4 Å². The lowest BCUT2D eigenvalue weighted by Gasteiger charge is -2.17. The van der Waals surface area contributed by atoms with Crippen LogP contribution in [0.5, 0.6) is 11.5 Å². The van der Waals surface area contributed by atoms with Crippen molar-refractivity contribution in [2.75, 3.05) is 24.9 Å². The average molecular weight is 715 g/mol. The first-order chi connectivity index (χ1) is 24.8. The Labute approximate surface area is 303 Å². The van der Waals surface area contributed by atoms with E-state index in [2.05, 4.69) is 27.0 Å². The number of aromatic nitrogens is 1. The van der Waals surface area contributed by atoms with Gasteiger partial charge in [0.2, 0.25) is 5.91 Å². The van der Waals surface area contributed by atoms with E-state index in [0.717, 1.165) is 26.2 Å². The van der Waals surface area contributed by atoms with Crippen molar-refractivity contribution >= 4 is 67.9 Å². The lowest BCUT2D eigenvalue weighted by atomic mass is 10.1. The van der Waals surface area contributed by atoms with Crippen LogP contribution in [0.15, 0.2) is 132 Å². The van der Waals surface area contributed by atoms with Gasteiger partial charge in [0.15, 0.2) is 16.6 Å². The summed E-state index contributed by atoms with van der Waals surface area (Å²) in [6.45, 7) is 2.02. The maximum Gasteiger partial charge on any atom is 0.272 e. The second-order valence-electron chi connectivity index (χ2n) is 11.4. The number of hydrogen-bond donors (Lipinski definition) is 3. The number of thioether (sulfide) groups is 1. The van der Waals surface area contributed by atoms with Crippen LogP contribution >= 0.6 is 23.1 Å². The normalized spacial score (nSPS) is 11.8. The first-order valence-electron chi connectivity index (χ1n) is 15.9. The third-order valence-electron chi connectivity index (χ3n) is 7.73. The molecule has 9 nitrogen and oxygen atoms in total. The van der Waals surface area contributed by atoms with E-state index in [1.165, 1.54) is 37.3 Å². The highest BCUT2D eigenvalue weighted by Crippen LogP contribution is 2.38. The molecule has 11 heteroatoms. The van der Waals surface area contributed by atoms with Gasteiger partial charge in [-0.25, -0.2) is 4.98 Å². The van der Waals surface area contributed by atoms with Gasteiger partial charge in [0.05, 0.1) is 24.4 Å². The number of carbonyl (C=O) groups excluding carboxylic acids is 3. The van der Waals surface area contributed by atoms with Crippen LogP contribution in [0.3, 0.4) is 0 Å². The Balaban J connectivity index is 1.20. The number of nitrogens with zero attached hydrogens (tertiary/aromatic N) is 1. The molecule has 5 aromatic carbocycles. The number of amides is 3. The van der Waals surface area contributed by atoms with Gasteiger partial charge in [0.25, 0.3) is 11.8 Å². The second kappa shape index (κ2) is 16.2. The molecule has 1 atom stereocenters. The van der Waals surface area contributed by atoms with Crippen LogP contribution in [-0.2, 0) is 9.59 Å². The zero-order valence-corrected chi connectivity index (χ0v) is 29.6. The molecule has 3 N–H and O–H groups in total. The third kappa shape index (κ3) is 8.82. The number of thiazole rings is 1. The molecule has 0 saturated carbocycles. The average Bonchev–Trinajstić information content (AvgIpc) is 3.55. The Morgan fingerprint density at radius 3 is 2.20 bits per heavy atom. The largest absolute Gasteiger partial charge is 0.493 e. The molecule has 256 valence electrons. The number of methoxy groups -OCH3 is 2. The molecule has 0 radical (unpaired) electrons. The van der Waals surface area contributed by atoms with Crippen LogP contribution in [0.2, 0.25) is 0 Å². The van der Waals surface area contributed by atoms with Crippen LogP contribution in [-0.4, -0.2) is 36.9 Å². The summed E-state index contributed by atoms with van der Waals surface area (Å²) in [5.74, 6) is -0.146. The molecule has 1 aromatic heterocycles. The molecule has 6 aromatic rings. The monoisotopic (exact) mass is 714 g/mol. The molecule has 0 spiro atoms. The number of anilines is 2. The summed E-state index contributed by atoms with van der Waals surface area (Å²) < 4.78 is 11.8. The quantitative estimate of drug-likeness (QED) is 0.0860. The SMILES string of the molecule is COc1ccc(/C=C(\NC(=O)c2ccccc2)C(=O)Nc2ccc(SC(C(=O)Nc3nc4ccc(C)cc4s3)c3ccccc3)cc2)cc1OC. The van der Waals surface area contributed by atoms with E-state index < -0.39 is 17.1 Å². The predicted octanol–water partition coefficient (Wildman–Crippen LogP) is 8.50. The van der Waals surface area contributed by atoms with Crippen molar-refractivity contribution in [3.8, 4) is 11.5 Å². The molecule has 51 heavy (non-hydrogen) atoms. The Kier molecular flexibility index (Phi) is 11.1. The van der Waals surface area contributed by atoms with Gasteiger partial charge in [-0.3, -0.25) is 14.4 Å². The maximum atomic E-state index is 13.7. The summed E-state index contributed by atoms with van der Waals surface area (Å²) >= 11 is 2.83. The van der Waals surface area contributed by atoms with Gasteiger partial charge in [-0.05, 0) is 90.4 Å². The molecule has 0 fully saturated rings. The molecule has 0 aliphatic carbocycles. The highest BCUT2D eigenvalue weighted by atomic mass is 32.2. The van der Waals surface area contributed by atoms with Crippen LogP contribution in [0.4, 0.5) is 10.8 Å². The Morgan fingerprint density at radius 2 is 1.49 bits per heavy atom. The van der Waals surface area contributed by atoms with E-state index in [0.29, 0.717) is 33.4 Å². The lowest BCUT2D eigenvalue weighted by Crippen LogP contribution is -2.30. The Bertz CT molecular complexity index is 2200. The fourth-order valence-electron chi connectivity index (χ4n) is 5.16. The zero-order chi connectivity index (χ0) is 35.7. The van der Waals surface area contributed by atoms with E-state index in [1.54, 1.807) is 60.7 Å². The molecule has 3 amide bonds. The van der Waals surface area contributed by atoms with E-state index in [-0.39, 0.29) is 11.6 Å². The first-order valence-corrected chi connectivity index (χ1v) is 17.6. The minimum absolute atomic E-state index is 0.0281. The van der Waals surface area contributed by atoms with Gasteiger partial charge in [-0.15, -0.1) is 11.8 Å². The van der Waals surface area contributed by atoms with E-state index in [9.17, 15) is 14.4 Å². The molecule has 1 heterocycles. The molecule has 0 saturated heterocycles. The standard InChI is InChI=1S/C40H34N4O5S2/c1-25-14-20-31-35(22-25)51-40(43-31)44-39(47)36(27-10-6-4-7-11-27)50-30-18-16-29(17-19-30)41-38(46)32(42-37(45)28-12-8-5-9-13-28)23-26-15-21-33(48-2)34(24-26)49-3/h4-24,36H,1-3H3,(H,41,46)(H,42,45)(H,43,44,47)/b32-23-. The number of ether oxygens (including phenoxy) is 2.